The summed E-state index contributed by atoms with van der Waals surface area (Å²) in [4.78, 5) is 30.6. The van der Waals surface area contributed by atoms with Crippen molar-refractivity contribution in [2.24, 2.45) is 0 Å². The number of hydrogen-bond donors (Lipinski definition) is 0. The molecule has 0 radical (unpaired) electrons. The van der Waals surface area contributed by atoms with Gasteiger partial charge < -0.3 is 14.5 Å². The van der Waals surface area contributed by atoms with Crippen LogP contribution in [0.3, 0.4) is 0 Å². The van der Waals surface area contributed by atoms with Crippen molar-refractivity contribution in [3.8, 4) is 5.75 Å². The van der Waals surface area contributed by atoms with E-state index in [4.69, 9.17) is 4.74 Å². The van der Waals surface area contributed by atoms with Crippen LogP contribution in [0.15, 0.2) is 72.6 Å². The molecule has 1 aliphatic rings. The van der Waals surface area contributed by atoms with Crippen molar-refractivity contribution >= 4 is 23.2 Å². The molecule has 2 aromatic carbocycles. The number of halogens is 2. The van der Waals surface area contributed by atoms with Gasteiger partial charge in [-0.15, -0.1) is 17.9 Å². The molecular weight excluding hydrogens is 458 g/mol. The van der Waals surface area contributed by atoms with Crippen LogP contribution in [0.5, 0.6) is 5.75 Å². The quantitative estimate of drug-likeness (QED) is 0.431. The molecule has 0 saturated heterocycles. The fourth-order valence-corrected chi connectivity index (χ4v) is 4.94. The fraction of sp³-hybridized carbons (Fsp3) is 0.231. The molecule has 4 rings (SSSR count). The highest BCUT2D eigenvalue weighted by Gasteiger charge is 2.33. The number of rotatable bonds is 8. The number of benzene rings is 2. The Labute approximate surface area is 200 Å². The van der Waals surface area contributed by atoms with E-state index in [-0.39, 0.29) is 43.0 Å². The summed E-state index contributed by atoms with van der Waals surface area (Å²) in [5.74, 6) is -1.05. The number of carbonyl (C=O) groups is 2. The molecule has 1 aliphatic heterocycles. The first-order valence-corrected chi connectivity index (χ1v) is 11.7. The first kappa shape index (κ1) is 23.6. The van der Waals surface area contributed by atoms with Crippen molar-refractivity contribution in [1.29, 1.82) is 0 Å². The van der Waals surface area contributed by atoms with Gasteiger partial charge in [0, 0.05) is 23.5 Å². The predicted octanol–water partition coefficient (Wildman–Crippen LogP) is 4.86. The van der Waals surface area contributed by atoms with Gasteiger partial charge in [0.25, 0.3) is 5.91 Å². The minimum absolute atomic E-state index is 0.148. The molecular formula is C26H24F2N2O3S. The molecule has 1 unspecified atom stereocenters. The molecule has 1 aromatic heterocycles. The summed E-state index contributed by atoms with van der Waals surface area (Å²) in [7, 11) is 0. The van der Waals surface area contributed by atoms with Gasteiger partial charge in [-0.2, -0.15) is 0 Å². The van der Waals surface area contributed by atoms with Crippen LogP contribution in [-0.2, 0) is 11.2 Å². The molecule has 2 amide bonds. The monoisotopic (exact) mass is 482 g/mol. The molecule has 0 bridgehead atoms. The van der Waals surface area contributed by atoms with Crippen molar-refractivity contribution in [2.75, 3.05) is 26.2 Å². The van der Waals surface area contributed by atoms with Gasteiger partial charge in [-0.05, 0) is 65.9 Å². The number of ether oxygens (including phenoxy) is 1. The van der Waals surface area contributed by atoms with Gasteiger partial charge in [0.2, 0.25) is 5.91 Å². The number of amides is 2. The van der Waals surface area contributed by atoms with Crippen LogP contribution in [0, 0.1) is 11.6 Å². The van der Waals surface area contributed by atoms with Gasteiger partial charge in [0.15, 0.2) is 0 Å². The molecule has 0 aliphatic carbocycles. The van der Waals surface area contributed by atoms with E-state index < -0.39 is 11.7 Å². The van der Waals surface area contributed by atoms with E-state index in [1.54, 1.807) is 28.4 Å². The Morgan fingerprint density at radius 2 is 1.94 bits per heavy atom. The van der Waals surface area contributed by atoms with Crippen molar-refractivity contribution in [3.63, 3.8) is 0 Å². The van der Waals surface area contributed by atoms with E-state index in [2.05, 4.69) is 6.58 Å². The zero-order chi connectivity index (χ0) is 24.1. The molecule has 176 valence electrons. The van der Waals surface area contributed by atoms with E-state index in [1.165, 1.54) is 46.2 Å². The van der Waals surface area contributed by atoms with E-state index in [0.29, 0.717) is 18.7 Å². The largest absolute Gasteiger partial charge is 0.491 e. The van der Waals surface area contributed by atoms with Gasteiger partial charge in [-0.1, -0.05) is 12.1 Å². The normalized spacial score (nSPS) is 14.9. The van der Waals surface area contributed by atoms with Gasteiger partial charge in [-0.25, -0.2) is 8.78 Å². The maximum Gasteiger partial charge on any atom is 0.254 e. The predicted molar refractivity (Wildman–Crippen MR) is 127 cm³/mol. The molecule has 1 atom stereocenters. The van der Waals surface area contributed by atoms with Gasteiger partial charge in [-0.3, -0.25) is 9.59 Å². The molecule has 5 nitrogen and oxygen atoms in total. The van der Waals surface area contributed by atoms with Crippen LogP contribution in [0.2, 0.25) is 0 Å². The number of thiophene rings is 1. The second-order valence-corrected chi connectivity index (χ2v) is 8.90. The molecule has 0 fully saturated rings. The smallest absolute Gasteiger partial charge is 0.254 e. The van der Waals surface area contributed by atoms with Crippen LogP contribution >= 0.6 is 11.3 Å². The van der Waals surface area contributed by atoms with Crippen LogP contribution < -0.4 is 4.74 Å². The molecule has 0 saturated carbocycles. The highest BCUT2D eigenvalue weighted by Crippen LogP contribution is 2.34. The van der Waals surface area contributed by atoms with Gasteiger partial charge in [0.05, 0.1) is 6.04 Å². The third kappa shape index (κ3) is 5.34. The standard InChI is InChI=1S/C26H24F2N2O3S/c1-2-12-29(26(32)18-4-3-5-20(28)15-18)16-25(31)30-13-10-24-22(11-14-34-24)23(30)17-33-21-8-6-19(27)7-9-21/h2-9,11,14-15,23H,1,10,12-13,16-17H2. The van der Waals surface area contributed by atoms with E-state index in [0.717, 1.165) is 11.6 Å². The Bertz CT molecular complexity index is 1180. The summed E-state index contributed by atoms with van der Waals surface area (Å²) in [6, 6.07) is 12.8. The molecule has 2 heterocycles. The van der Waals surface area contributed by atoms with E-state index in [9.17, 15) is 18.4 Å². The first-order chi connectivity index (χ1) is 16.5. The van der Waals surface area contributed by atoms with Gasteiger partial charge >= 0.3 is 0 Å². The highest BCUT2D eigenvalue weighted by atomic mass is 32.1. The number of carbonyl (C=O) groups excluding carboxylic acids is 2. The summed E-state index contributed by atoms with van der Waals surface area (Å²) < 4.78 is 32.8. The summed E-state index contributed by atoms with van der Waals surface area (Å²) in [6.45, 7) is 4.34. The highest BCUT2D eigenvalue weighted by molar-refractivity contribution is 7.10. The van der Waals surface area contributed by atoms with Crippen LogP contribution in [0.25, 0.3) is 0 Å². The van der Waals surface area contributed by atoms with Crippen LogP contribution in [0.1, 0.15) is 26.8 Å². The first-order valence-electron chi connectivity index (χ1n) is 10.9. The minimum Gasteiger partial charge on any atom is -0.491 e. The number of fused-ring (bicyclic) bond motifs is 1. The van der Waals surface area contributed by atoms with Crippen molar-refractivity contribution in [1.82, 2.24) is 9.80 Å². The summed E-state index contributed by atoms with van der Waals surface area (Å²) >= 11 is 1.64. The lowest BCUT2D eigenvalue weighted by molar-refractivity contribution is -0.135. The van der Waals surface area contributed by atoms with Crippen LogP contribution in [0.4, 0.5) is 8.78 Å². The molecule has 34 heavy (non-hydrogen) atoms. The molecule has 0 N–H and O–H groups in total. The SMILES string of the molecule is C=CCN(CC(=O)N1CCc2sccc2C1COc1ccc(F)cc1)C(=O)c1cccc(F)c1. The topological polar surface area (TPSA) is 49.9 Å². The average Bonchev–Trinajstić information content (AvgIpc) is 3.32. The molecule has 8 heteroatoms. The minimum atomic E-state index is -0.519. The van der Waals surface area contributed by atoms with E-state index in [1.807, 2.05) is 11.4 Å². The second-order valence-electron chi connectivity index (χ2n) is 7.90. The summed E-state index contributed by atoms with van der Waals surface area (Å²) in [6.07, 6.45) is 2.25. The van der Waals surface area contributed by atoms with Crippen molar-refractivity contribution < 1.29 is 23.1 Å². The van der Waals surface area contributed by atoms with Gasteiger partial charge in [0.1, 0.15) is 30.5 Å². The van der Waals surface area contributed by atoms with E-state index >= 15 is 0 Å². The summed E-state index contributed by atoms with van der Waals surface area (Å²) in [5.41, 5.74) is 1.18. The molecule has 3 aromatic rings. The zero-order valence-corrected chi connectivity index (χ0v) is 19.3. The maximum atomic E-state index is 13.6. The Morgan fingerprint density at radius 3 is 2.68 bits per heavy atom. The van der Waals surface area contributed by atoms with Crippen molar-refractivity contribution in [3.05, 3.63) is 100 Å². The lowest BCUT2D eigenvalue weighted by Gasteiger charge is -2.37. The summed E-state index contributed by atoms with van der Waals surface area (Å²) in [5, 5.41) is 1.99. The average molecular weight is 483 g/mol. The van der Waals surface area contributed by atoms with Crippen LogP contribution in [-0.4, -0.2) is 47.9 Å². The Morgan fingerprint density at radius 1 is 1.15 bits per heavy atom. The lowest BCUT2D eigenvalue weighted by atomic mass is 10.0. The lowest BCUT2D eigenvalue weighted by Crippen LogP contribution is -2.47. The van der Waals surface area contributed by atoms with Crippen molar-refractivity contribution in [2.45, 2.75) is 12.5 Å². The maximum absolute atomic E-state index is 13.6. The third-order valence-electron chi connectivity index (χ3n) is 5.67. The molecule has 0 spiro atoms. The Kier molecular flexibility index (Phi) is 7.37. The Balaban J connectivity index is 1.52. The number of nitrogens with zero attached hydrogens (tertiary/aromatic N) is 2. The third-order valence-corrected chi connectivity index (χ3v) is 6.67. The fourth-order valence-electron chi connectivity index (χ4n) is 4.01. The Hall–Kier alpha value is -3.52. The zero-order valence-electron chi connectivity index (χ0n) is 18.5. The second kappa shape index (κ2) is 10.6. The number of hydrogen-bond acceptors (Lipinski definition) is 4.